The molecule has 0 radical (unpaired) electrons. The van der Waals surface area contributed by atoms with E-state index in [4.69, 9.17) is 5.11 Å². The summed E-state index contributed by atoms with van der Waals surface area (Å²) in [4.78, 5) is 10.8. The Bertz CT molecular complexity index is 1420. The van der Waals surface area contributed by atoms with Crippen molar-refractivity contribution in [1.82, 2.24) is 10.2 Å². The SMILES string of the molecule is CCC(c1ccc(F)cc1C(F)(F)F)C(c1ccc(/C=C/C(=O)O)cc1)c1ccc2[nH]ncc2c1F. The van der Waals surface area contributed by atoms with Crippen molar-refractivity contribution in [1.29, 1.82) is 0 Å². The van der Waals surface area contributed by atoms with Crippen LogP contribution in [0.5, 0.6) is 0 Å². The van der Waals surface area contributed by atoms with Crippen LogP contribution in [0.3, 0.4) is 0 Å². The topological polar surface area (TPSA) is 66.0 Å². The van der Waals surface area contributed by atoms with Gasteiger partial charge >= 0.3 is 12.1 Å². The molecule has 2 N–H and O–H groups in total. The number of hydrogen-bond acceptors (Lipinski definition) is 2. The Morgan fingerprint density at radius 2 is 1.75 bits per heavy atom. The number of carboxylic acids is 1. The number of fused-ring (bicyclic) bond motifs is 1. The van der Waals surface area contributed by atoms with Crippen molar-refractivity contribution in [2.24, 2.45) is 0 Å². The Morgan fingerprint density at radius 1 is 1.06 bits per heavy atom. The molecular formula is C27H21F5N2O2. The maximum atomic E-state index is 15.7. The lowest BCUT2D eigenvalue weighted by Crippen LogP contribution is -2.19. The molecule has 1 aromatic heterocycles. The van der Waals surface area contributed by atoms with E-state index in [0.717, 1.165) is 18.2 Å². The van der Waals surface area contributed by atoms with Crippen LogP contribution in [0.25, 0.3) is 17.0 Å². The van der Waals surface area contributed by atoms with Crippen LogP contribution in [0.1, 0.15) is 53.0 Å². The summed E-state index contributed by atoms with van der Waals surface area (Å²) in [7, 11) is 0. The molecule has 9 heteroatoms. The molecule has 0 amide bonds. The Hall–Kier alpha value is -4.01. The normalized spacial score (nSPS) is 13.8. The first-order valence-electron chi connectivity index (χ1n) is 11.1. The van der Waals surface area contributed by atoms with Crippen molar-refractivity contribution in [3.05, 3.63) is 106 Å². The van der Waals surface area contributed by atoms with E-state index in [9.17, 15) is 22.4 Å². The maximum absolute atomic E-state index is 15.7. The highest BCUT2D eigenvalue weighted by Crippen LogP contribution is 2.46. The quantitative estimate of drug-likeness (QED) is 0.207. The first kappa shape index (κ1) is 25.1. The smallest absolute Gasteiger partial charge is 0.416 e. The van der Waals surface area contributed by atoms with Crippen LogP contribution in [0.4, 0.5) is 22.0 Å². The number of aromatic amines is 1. The van der Waals surface area contributed by atoms with Gasteiger partial charge in [-0.05, 0) is 58.9 Å². The van der Waals surface area contributed by atoms with Gasteiger partial charge in [0.05, 0.1) is 22.7 Å². The number of rotatable bonds is 7. The summed E-state index contributed by atoms with van der Waals surface area (Å²) in [5, 5.41) is 15.6. The third-order valence-corrected chi connectivity index (χ3v) is 6.20. The molecule has 186 valence electrons. The van der Waals surface area contributed by atoms with E-state index in [1.54, 1.807) is 37.3 Å². The Morgan fingerprint density at radius 3 is 2.39 bits per heavy atom. The molecule has 0 saturated heterocycles. The number of aromatic nitrogens is 2. The maximum Gasteiger partial charge on any atom is 0.416 e. The van der Waals surface area contributed by atoms with Gasteiger partial charge in [0.25, 0.3) is 0 Å². The summed E-state index contributed by atoms with van der Waals surface area (Å²) in [5.74, 6) is -4.48. The van der Waals surface area contributed by atoms with Crippen molar-refractivity contribution >= 4 is 22.9 Å². The van der Waals surface area contributed by atoms with Gasteiger partial charge in [0.2, 0.25) is 0 Å². The van der Waals surface area contributed by atoms with Gasteiger partial charge in [0, 0.05) is 12.0 Å². The zero-order valence-corrected chi connectivity index (χ0v) is 19.0. The van der Waals surface area contributed by atoms with Gasteiger partial charge < -0.3 is 5.11 Å². The molecular weight excluding hydrogens is 479 g/mol. The third-order valence-electron chi connectivity index (χ3n) is 6.20. The molecule has 4 nitrogen and oxygen atoms in total. The number of carboxylic acid groups (broad SMARTS) is 1. The van der Waals surface area contributed by atoms with Crippen LogP contribution in [-0.4, -0.2) is 21.3 Å². The molecule has 0 bridgehead atoms. The lowest BCUT2D eigenvalue weighted by atomic mass is 9.74. The number of benzene rings is 3. The minimum atomic E-state index is -4.81. The molecule has 2 atom stereocenters. The summed E-state index contributed by atoms with van der Waals surface area (Å²) < 4.78 is 71.4. The molecule has 0 aliphatic carbocycles. The molecule has 2 unspecified atom stereocenters. The summed E-state index contributed by atoms with van der Waals surface area (Å²) in [6, 6.07) is 12.1. The fourth-order valence-electron chi connectivity index (χ4n) is 4.58. The van der Waals surface area contributed by atoms with Crippen LogP contribution in [0.2, 0.25) is 0 Å². The van der Waals surface area contributed by atoms with Gasteiger partial charge in [-0.3, -0.25) is 5.10 Å². The van der Waals surface area contributed by atoms with Crippen LogP contribution in [-0.2, 0) is 11.0 Å². The molecule has 1 heterocycles. The highest BCUT2D eigenvalue weighted by Gasteiger charge is 2.38. The zero-order chi connectivity index (χ0) is 26.0. The Labute approximate surface area is 203 Å². The highest BCUT2D eigenvalue weighted by atomic mass is 19.4. The zero-order valence-electron chi connectivity index (χ0n) is 19.0. The van der Waals surface area contributed by atoms with E-state index in [0.29, 0.717) is 22.7 Å². The van der Waals surface area contributed by atoms with E-state index >= 15 is 4.39 Å². The molecule has 4 rings (SSSR count). The first-order chi connectivity index (χ1) is 17.1. The van der Waals surface area contributed by atoms with E-state index in [-0.39, 0.29) is 22.9 Å². The molecule has 0 saturated carbocycles. The van der Waals surface area contributed by atoms with Crippen LogP contribution >= 0.6 is 0 Å². The summed E-state index contributed by atoms with van der Waals surface area (Å²) in [5.41, 5.74) is 0.435. The second-order valence-corrected chi connectivity index (χ2v) is 8.36. The number of H-pyrrole nitrogens is 1. The Balaban J connectivity index is 1.92. The molecule has 0 aliphatic rings. The van der Waals surface area contributed by atoms with E-state index in [1.165, 1.54) is 18.3 Å². The predicted octanol–water partition coefficient (Wildman–Crippen LogP) is 7.28. The molecule has 0 fully saturated rings. The number of aliphatic carboxylic acids is 1. The van der Waals surface area contributed by atoms with E-state index in [1.807, 2.05) is 0 Å². The van der Waals surface area contributed by atoms with Gasteiger partial charge in [-0.15, -0.1) is 0 Å². The minimum Gasteiger partial charge on any atom is -0.478 e. The van der Waals surface area contributed by atoms with Crippen molar-refractivity contribution in [2.75, 3.05) is 0 Å². The average molecular weight is 500 g/mol. The fourth-order valence-corrected chi connectivity index (χ4v) is 4.58. The monoisotopic (exact) mass is 500 g/mol. The van der Waals surface area contributed by atoms with E-state index in [2.05, 4.69) is 10.2 Å². The van der Waals surface area contributed by atoms with Crippen molar-refractivity contribution in [3.63, 3.8) is 0 Å². The van der Waals surface area contributed by atoms with Crippen LogP contribution in [0, 0.1) is 11.6 Å². The molecule has 3 aromatic carbocycles. The number of halogens is 5. The van der Waals surface area contributed by atoms with Crippen molar-refractivity contribution in [3.8, 4) is 0 Å². The highest BCUT2D eigenvalue weighted by molar-refractivity contribution is 5.85. The number of hydrogen-bond donors (Lipinski definition) is 2. The van der Waals surface area contributed by atoms with Gasteiger partial charge in [0.15, 0.2) is 0 Å². The molecule has 4 aromatic rings. The number of carbonyl (C=O) groups is 1. The number of nitrogens with zero attached hydrogens (tertiary/aromatic N) is 1. The summed E-state index contributed by atoms with van der Waals surface area (Å²) >= 11 is 0. The van der Waals surface area contributed by atoms with Crippen LogP contribution < -0.4 is 0 Å². The molecule has 36 heavy (non-hydrogen) atoms. The van der Waals surface area contributed by atoms with Crippen LogP contribution in [0.15, 0.2) is 66.9 Å². The largest absolute Gasteiger partial charge is 0.478 e. The molecule has 0 aliphatic heterocycles. The van der Waals surface area contributed by atoms with Crippen molar-refractivity contribution in [2.45, 2.75) is 31.4 Å². The van der Waals surface area contributed by atoms with Gasteiger partial charge in [-0.1, -0.05) is 43.3 Å². The van der Waals surface area contributed by atoms with E-state index < -0.39 is 41.2 Å². The number of alkyl halides is 3. The lowest BCUT2D eigenvalue weighted by molar-refractivity contribution is -0.138. The predicted molar refractivity (Wildman–Crippen MR) is 125 cm³/mol. The Kier molecular flexibility index (Phi) is 6.92. The average Bonchev–Trinajstić information content (AvgIpc) is 3.32. The van der Waals surface area contributed by atoms with Gasteiger partial charge in [-0.2, -0.15) is 18.3 Å². The summed E-state index contributed by atoms with van der Waals surface area (Å²) in [6.45, 7) is 1.69. The van der Waals surface area contributed by atoms with Gasteiger partial charge in [0.1, 0.15) is 11.6 Å². The standard InChI is InChI=1S/C27H21F5N2O2/c1-2-18(19-9-8-17(28)13-22(19)27(30,31)32)25(16-6-3-15(4-7-16)5-12-24(35)36)20-10-11-23-21(26(20)29)14-33-34-23/h3-14,18,25H,2H2,1H3,(H,33,34)(H,35,36)/b12-5+. The molecule has 0 spiro atoms. The second-order valence-electron chi connectivity index (χ2n) is 8.36. The number of nitrogens with one attached hydrogen (secondary N) is 1. The third kappa shape index (κ3) is 5.00. The first-order valence-corrected chi connectivity index (χ1v) is 11.1. The van der Waals surface area contributed by atoms with Crippen molar-refractivity contribution < 1.29 is 31.9 Å². The second kappa shape index (κ2) is 9.93. The fraction of sp³-hybridized carbons (Fsp3) is 0.185. The van der Waals surface area contributed by atoms with Gasteiger partial charge in [-0.25, -0.2) is 13.6 Å². The lowest BCUT2D eigenvalue weighted by Gasteiger charge is -2.30. The minimum absolute atomic E-state index is 0.141. The summed E-state index contributed by atoms with van der Waals surface area (Å²) in [6.07, 6.45) is -0.970.